The summed E-state index contributed by atoms with van der Waals surface area (Å²) in [4.78, 5) is 8.73. The molecule has 164 valence electrons. The third-order valence-electron chi connectivity index (χ3n) is 1.35. The lowest BCUT2D eigenvalue weighted by Gasteiger charge is -2.18. The van der Waals surface area contributed by atoms with Gasteiger partial charge < -0.3 is 13.6 Å². The molecule has 0 saturated carbocycles. The van der Waals surface area contributed by atoms with Crippen molar-refractivity contribution in [1.82, 2.24) is 0 Å². The second-order valence-corrected chi connectivity index (χ2v) is 10.7. The highest BCUT2D eigenvalue weighted by atomic mass is 32.2. The van der Waals surface area contributed by atoms with E-state index in [9.17, 15) is 8.42 Å². The van der Waals surface area contributed by atoms with Gasteiger partial charge in [-0.05, 0) is 26.9 Å². The average molecular weight is 459 g/mol. The van der Waals surface area contributed by atoms with E-state index < -0.39 is 40.2 Å². The predicted molar refractivity (Wildman–Crippen MR) is 110 cm³/mol. The van der Waals surface area contributed by atoms with E-state index in [1.165, 1.54) is 18.9 Å². The van der Waals surface area contributed by atoms with Gasteiger partial charge in [0.15, 0.2) is 22.2 Å². The van der Waals surface area contributed by atoms with Gasteiger partial charge in [0.1, 0.15) is 0 Å². The van der Waals surface area contributed by atoms with Crippen LogP contribution < -0.4 is 0 Å². The Morgan fingerprint density at radius 2 is 1.35 bits per heavy atom. The SMILES string of the molecule is CC.CCC.CCO[SiH](O)OOS(C)=O.CCO[Si](C)(C)OOS(C)=O. The van der Waals surface area contributed by atoms with Gasteiger partial charge in [-0.3, -0.25) is 0 Å². The van der Waals surface area contributed by atoms with E-state index in [1.807, 2.05) is 33.9 Å². The standard InChI is InChI=1S/C5H14O4SSi.C3H10O5SSi.C3H8.C2H6/c1-5-7-11(3,4)9-8-10(2)6;1-3-6-10(5)8-7-9(2)4;1-3-2;1-2/h5H2,1-4H3;5,10H,3H2,1-2H3;3H2,1-2H3;1-2H3. The van der Waals surface area contributed by atoms with E-state index in [2.05, 4.69) is 31.5 Å². The van der Waals surface area contributed by atoms with Crippen LogP contribution >= 0.6 is 0 Å². The van der Waals surface area contributed by atoms with Crippen molar-refractivity contribution in [3.8, 4) is 0 Å². The van der Waals surface area contributed by atoms with Crippen molar-refractivity contribution < 1.29 is 39.9 Å². The lowest BCUT2D eigenvalue weighted by atomic mass is 10.6. The molecule has 0 aromatic rings. The minimum absolute atomic E-state index is 0.354. The normalized spacial score (nSPS) is 13.7. The monoisotopic (exact) mass is 458 g/mol. The van der Waals surface area contributed by atoms with Crippen molar-refractivity contribution in [3.05, 3.63) is 0 Å². The molecule has 0 saturated heterocycles. The minimum atomic E-state index is -2.67. The van der Waals surface area contributed by atoms with Crippen LogP contribution in [-0.4, -0.2) is 57.0 Å². The van der Waals surface area contributed by atoms with Crippen LogP contribution in [0.3, 0.4) is 0 Å². The second kappa shape index (κ2) is 25.5. The molecular weight excluding hydrogens is 420 g/mol. The first-order chi connectivity index (χ1) is 12.1. The zero-order chi connectivity index (χ0) is 21.6. The predicted octanol–water partition coefficient (Wildman–Crippen LogP) is 2.38. The fourth-order valence-electron chi connectivity index (χ4n) is 0.761. The molecule has 0 aliphatic heterocycles. The Morgan fingerprint density at radius 3 is 1.65 bits per heavy atom. The van der Waals surface area contributed by atoms with Crippen LogP contribution in [0, 0.1) is 0 Å². The van der Waals surface area contributed by atoms with Crippen LogP contribution in [0.5, 0.6) is 0 Å². The first-order valence-electron chi connectivity index (χ1n) is 8.36. The highest BCUT2D eigenvalue weighted by molar-refractivity contribution is 7.79. The van der Waals surface area contributed by atoms with E-state index in [1.54, 1.807) is 6.92 Å². The smallest absolute Gasteiger partial charge is 0.393 e. The van der Waals surface area contributed by atoms with Gasteiger partial charge in [-0.2, -0.15) is 0 Å². The number of hydrogen-bond donors (Lipinski definition) is 1. The molecule has 0 bridgehead atoms. The molecule has 0 heterocycles. The highest BCUT2D eigenvalue weighted by Gasteiger charge is 2.26. The molecule has 0 aliphatic carbocycles. The summed E-state index contributed by atoms with van der Waals surface area (Å²) in [5, 5.41) is 0. The van der Waals surface area contributed by atoms with Crippen molar-refractivity contribution in [1.29, 1.82) is 0 Å². The zero-order valence-corrected chi connectivity index (χ0v) is 21.5. The Labute approximate surface area is 167 Å². The minimum Gasteiger partial charge on any atom is -0.393 e. The molecule has 0 rings (SSSR count). The molecule has 9 nitrogen and oxygen atoms in total. The maximum atomic E-state index is 10.4. The topological polar surface area (TPSA) is 110 Å². The lowest BCUT2D eigenvalue weighted by Crippen LogP contribution is -2.34. The van der Waals surface area contributed by atoms with Gasteiger partial charge in [0.2, 0.25) is 0 Å². The van der Waals surface area contributed by atoms with Gasteiger partial charge in [-0.25, -0.2) is 17.6 Å². The van der Waals surface area contributed by atoms with Gasteiger partial charge in [0.05, 0.1) is 0 Å². The number of hydrogen-bond acceptors (Lipinski definition) is 9. The van der Waals surface area contributed by atoms with Crippen LogP contribution in [-0.2, 0) is 48.8 Å². The summed E-state index contributed by atoms with van der Waals surface area (Å²) >= 11 is -2.90. The molecule has 0 fully saturated rings. The van der Waals surface area contributed by atoms with Crippen molar-refractivity contribution in [2.24, 2.45) is 0 Å². The van der Waals surface area contributed by atoms with Crippen LogP contribution in [0.25, 0.3) is 0 Å². The molecule has 1 N–H and O–H groups in total. The van der Waals surface area contributed by atoms with E-state index in [4.69, 9.17) is 13.8 Å². The van der Waals surface area contributed by atoms with E-state index >= 15 is 0 Å². The highest BCUT2D eigenvalue weighted by Crippen LogP contribution is 2.06. The summed E-state index contributed by atoms with van der Waals surface area (Å²) in [6.07, 6.45) is 3.93. The summed E-state index contributed by atoms with van der Waals surface area (Å²) in [6.45, 7) is 16.4. The second-order valence-electron chi connectivity index (χ2n) is 4.42. The Balaban J connectivity index is -0.000000149. The Kier molecular flexibility index (Phi) is 33.3. The van der Waals surface area contributed by atoms with Gasteiger partial charge in [0.25, 0.3) is 0 Å². The third-order valence-corrected chi connectivity index (χ3v) is 4.49. The van der Waals surface area contributed by atoms with Crippen molar-refractivity contribution in [2.45, 2.75) is 61.1 Å². The number of rotatable bonds is 10. The van der Waals surface area contributed by atoms with Crippen LogP contribution in [0.2, 0.25) is 13.1 Å². The largest absolute Gasteiger partial charge is 0.513 e. The maximum absolute atomic E-state index is 10.4. The van der Waals surface area contributed by atoms with Gasteiger partial charge in [-0.15, -0.1) is 8.67 Å². The van der Waals surface area contributed by atoms with Crippen molar-refractivity contribution in [3.63, 3.8) is 0 Å². The molecule has 0 aromatic carbocycles. The average Bonchev–Trinajstić information content (AvgIpc) is 2.55. The summed E-state index contributed by atoms with van der Waals surface area (Å²) < 4.78 is 48.1. The quantitative estimate of drug-likeness (QED) is 0.300. The molecule has 26 heavy (non-hydrogen) atoms. The van der Waals surface area contributed by atoms with Gasteiger partial charge >= 0.3 is 18.1 Å². The lowest BCUT2D eigenvalue weighted by molar-refractivity contribution is -0.131. The first kappa shape index (κ1) is 34.0. The molecule has 0 spiro atoms. The zero-order valence-electron chi connectivity index (χ0n) is 17.7. The van der Waals surface area contributed by atoms with Crippen LogP contribution in [0.4, 0.5) is 0 Å². The summed E-state index contributed by atoms with van der Waals surface area (Å²) in [5.74, 6) is 0. The third kappa shape index (κ3) is 39.5. The Bertz CT molecular complexity index is 324. The molecule has 0 amide bonds. The molecular formula is C13H38O9S2Si2. The molecule has 0 aliphatic rings. The molecule has 0 aromatic heterocycles. The van der Waals surface area contributed by atoms with Crippen LogP contribution in [0.15, 0.2) is 0 Å². The Morgan fingerprint density at radius 1 is 0.923 bits per heavy atom. The summed E-state index contributed by atoms with van der Waals surface area (Å²) in [7, 11) is -4.85. The van der Waals surface area contributed by atoms with Crippen molar-refractivity contribution in [2.75, 3.05) is 25.7 Å². The van der Waals surface area contributed by atoms with E-state index in [0.29, 0.717) is 13.2 Å². The first-order valence-corrected chi connectivity index (χ1v) is 15.6. The summed E-state index contributed by atoms with van der Waals surface area (Å²) in [5.41, 5.74) is 0. The molecule has 13 heteroatoms. The molecule has 0 radical (unpaired) electrons. The fourth-order valence-corrected chi connectivity index (χ4v) is 3.59. The van der Waals surface area contributed by atoms with Crippen LogP contribution in [0.1, 0.15) is 48.0 Å². The van der Waals surface area contributed by atoms with Gasteiger partial charge in [-0.1, -0.05) is 34.1 Å². The van der Waals surface area contributed by atoms with Gasteiger partial charge in [0, 0.05) is 25.7 Å². The van der Waals surface area contributed by atoms with E-state index in [-0.39, 0.29) is 0 Å². The van der Waals surface area contributed by atoms with E-state index in [0.717, 1.165) is 0 Å². The Hall–Kier alpha value is 0.454. The van der Waals surface area contributed by atoms with Crippen molar-refractivity contribution >= 4 is 40.2 Å². The molecule has 3 atom stereocenters. The maximum Gasteiger partial charge on any atom is 0.513 e. The molecule has 3 unspecified atom stereocenters. The summed E-state index contributed by atoms with van der Waals surface area (Å²) in [6, 6.07) is 0. The fraction of sp³-hybridized carbons (Fsp3) is 1.00.